The fourth-order valence-electron chi connectivity index (χ4n) is 1.90. The smallest absolute Gasteiger partial charge is 0.222 e. The van der Waals surface area contributed by atoms with E-state index in [0.717, 1.165) is 5.56 Å². The first-order valence-electron chi connectivity index (χ1n) is 6.52. The predicted molar refractivity (Wildman–Crippen MR) is 75.2 cm³/mol. The van der Waals surface area contributed by atoms with E-state index in [0.29, 0.717) is 12.3 Å². The highest BCUT2D eigenvalue weighted by Gasteiger charge is 2.16. The third kappa shape index (κ3) is 4.15. The molecule has 0 aliphatic heterocycles. The fourth-order valence-corrected chi connectivity index (χ4v) is 1.90. The van der Waals surface area contributed by atoms with Crippen molar-refractivity contribution >= 4 is 5.91 Å². The van der Waals surface area contributed by atoms with Crippen molar-refractivity contribution in [3.8, 4) is 0 Å². The zero-order valence-corrected chi connectivity index (χ0v) is 11.7. The highest BCUT2D eigenvalue weighted by molar-refractivity contribution is 5.77. The Hall–Kier alpha value is -1.35. The summed E-state index contributed by atoms with van der Waals surface area (Å²) in [6.45, 7) is 8.12. The predicted octanol–water partition coefficient (Wildman–Crippen LogP) is 2.55. The molecule has 0 radical (unpaired) electrons. The number of carbonyl (C=O) groups excluding carboxylic acids is 1. The summed E-state index contributed by atoms with van der Waals surface area (Å²) in [5.41, 5.74) is 8.25. The van der Waals surface area contributed by atoms with Crippen molar-refractivity contribution in [1.82, 2.24) is 5.32 Å². The number of hydrogen-bond donors (Lipinski definition) is 2. The van der Waals surface area contributed by atoms with Gasteiger partial charge < -0.3 is 11.1 Å². The Morgan fingerprint density at radius 2 is 1.89 bits per heavy atom. The minimum atomic E-state index is -0.0749. The van der Waals surface area contributed by atoms with Gasteiger partial charge in [0.2, 0.25) is 5.91 Å². The molecular formula is C15H24N2O. The lowest BCUT2D eigenvalue weighted by Crippen LogP contribution is -2.36. The second kappa shape index (κ2) is 6.55. The summed E-state index contributed by atoms with van der Waals surface area (Å²) in [7, 11) is 0. The number of carbonyl (C=O) groups is 1. The Kier molecular flexibility index (Phi) is 5.35. The fraction of sp³-hybridized carbons (Fsp3) is 0.533. The molecule has 0 heterocycles. The van der Waals surface area contributed by atoms with Gasteiger partial charge in [-0.1, -0.05) is 38.1 Å². The quantitative estimate of drug-likeness (QED) is 0.841. The van der Waals surface area contributed by atoms with Crippen molar-refractivity contribution in [1.29, 1.82) is 0 Å². The van der Waals surface area contributed by atoms with Crippen molar-refractivity contribution in [3.63, 3.8) is 0 Å². The molecule has 1 aromatic carbocycles. The van der Waals surface area contributed by atoms with Gasteiger partial charge in [-0.3, -0.25) is 4.79 Å². The first-order valence-corrected chi connectivity index (χ1v) is 6.52. The third-order valence-electron chi connectivity index (χ3n) is 3.31. The molecule has 3 nitrogen and oxygen atoms in total. The maximum Gasteiger partial charge on any atom is 0.222 e. The molecule has 1 unspecified atom stereocenters. The van der Waals surface area contributed by atoms with Gasteiger partial charge in [-0.2, -0.15) is 0 Å². The Morgan fingerprint density at radius 1 is 1.28 bits per heavy atom. The molecule has 1 rings (SSSR count). The molecule has 0 aliphatic rings. The number of benzene rings is 1. The summed E-state index contributed by atoms with van der Waals surface area (Å²) < 4.78 is 0. The number of nitrogens with two attached hydrogens (primary N) is 1. The van der Waals surface area contributed by atoms with Crippen LogP contribution >= 0.6 is 0 Å². The van der Waals surface area contributed by atoms with Crippen LogP contribution in [-0.2, 0) is 4.79 Å². The molecular weight excluding hydrogens is 224 g/mol. The maximum atomic E-state index is 11.9. The molecule has 2 atom stereocenters. The molecule has 100 valence electrons. The van der Waals surface area contributed by atoms with Crippen LogP contribution in [0.2, 0.25) is 0 Å². The summed E-state index contributed by atoms with van der Waals surface area (Å²) in [6, 6.07) is 8.04. The molecule has 0 spiro atoms. The molecule has 1 amide bonds. The Labute approximate surface area is 110 Å². The number of hydrogen-bond acceptors (Lipinski definition) is 2. The minimum Gasteiger partial charge on any atom is -0.350 e. The summed E-state index contributed by atoms with van der Waals surface area (Å²) in [6.07, 6.45) is 0.383. The van der Waals surface area contributed by atoms with Gasteiger partial charge >= 0.3 is 0 Å². The van der Waals surface area contributed by atoms with Crippen LogP contribution in [0.25, 0.3) is 0 Å². The Bertz CT molecular complexity index is 401. The summed E-state index contributed by atoms with van der Waals surface area (Å²) in [5, 5.41) is 3.00. The molecule has 0 saturated heterocycles. The van der Waals surface area contributed by atoms with Gasteiger partial charge in [-0.05, 0) is 30.9 Å². The topological polar surface area (TPSA) is 55.1 Å². The van der Waals surface area contributed by atoms with Crippen LogP contribution in [0.15, 0.2) is 24.3 Å². The van der Waals surface area contributed by atoms with E-state index in [2.05, 4.69) is 18.3 Å². The van der Waals surface area contributed by atoms with Crippen LogP contribution in [0, 0.1) is 12.8 Å². The van der Waals surface area contributed by atoms with E-state index in [9.17, 15) is 4.79 Å². The second-order valence-electron chi connectivity index (χ2n) is 5.26. The molecule has 0 bridgehead atoms. The SMILES string of the molecule is Cc1ccccc1[C@@H](C)NC(=O)CC(N)C(C)C. The average Bonchev–Trinajstić information content (AvgIpc) is 2.28. The zero-order chi connectivity index (χ0) is 13.7. The van der Waals surface area contributed by atoms with E-state index in [1.807, 2.05) is 39.0 Å². The molecule has 3 N–H and O–H groups in total. The molecule has 0 fully saturated rings. The van der Waals surface area contributed by atoms with E-state index in [-0.39, 0.29) is 18.0 Å². The van der Waals surface area contributed by atoms with Crippen molar-refractivity contribution < 1.29 is 4.79 Å². The van der Waals surface area contributed by atoms with Gasteiger partial charge in [0.1, 0.15) is 0 Å². The largest absolute Gasteiger partial charge is 0.350 e. The molecule has 0 saturated carbocycles. The van der Waals surface area contributed by atoms with E-state index in [4.69, 9.17) is 5.73 Å². The molecule has 3 heteroatoms. The van der Waals surface area contributed by atoms with Crippen molar-refractivity contribution in [2.45, 2.75) is 46.2 Å². The van der Waals surface area contributed by atoms with Crippen LogP contribution < -0.4 is 11.1 Å². The van der Waals surface area contributed by atoms with Crippen LogP contribution in [0.5, 0.6) is 0 Å². The number of rotatable bonds is 5. The average molecular weight is 248 g/mol. The number of nitrogens with one attached hydrogen (secondary N) is 1. The standard InChI is InChI=1S/C15H24N2O/c1-10(2)14(16)9-15(18)17-12(4)13-8-6-5-7-11(13)3/h5-8,10,12,14H,9,16H2,1-4H3,(H,17,18)/t12-,14?/m1/s1. The first-order chi connectivity index (χ1) is 8.41. The minimum absolute atomic E-state index is 0.0203. The maximum absolute atomic E-state index is 11.9. The van der Waals surface area contributed by atoms with Crippen molar-refractivity contribution in [3.05, 3.63) is 35.4 Å². The van der Waals surface area contributed by atoms with Gasteiger partial charge in [0.25, 0.3) is 0 Å². The Morgan fingerprint density at radius 3 is 2.44 bits per heavy atom. The van der Waals surface area contributed by atoms with E-state index < -0.39 is 0 Å². The van der Waals surface area contributed by atoms with E-state index >= 15 is 0 Å². The molecule has 0 aromatic heterocycles. The number of amides is 1. The number of aryl methyl sites for hydroxylation is 1. The van der Waals surface area contributed by atoms with Crippen LogP contribution in [0.1, 0.15) is 44.4 Å². The molecule has 0 aliphatic carbocycles. The van der Waals surface area contributed by atoms with Gasteiger partial charge in [0.05, 0.1) is 6.04 Å². The lowest BCUT2D eigenvalue weighted by molar-refractivity contribution is -0.122. The third-order valence-corrected chi connectivity index (χ3v) is 3.31. The lowest BCUT2D eigenvalue weighted by Gasteiger charge is -2.19. The van der Waals surface area contributed by atoms with Gasteiger partial charge in [-0.15, -0.1) is 0 Å². The van der Waals surface area contributed by atoms with Crippen molar-refractivity contribution in [2.75, 3.05) is 0 Å². The summed E-state index contributed by atoms with van der Waals surface area (Å²) in [4.78, 5) is 11.9. The highest BCUT2D eigenvalue weighted by atomic mass is 16.1. The van der Waals surface area contributed by atoms with E-state index in [1.165, 1.54) is 5.56 Å². The van der Waals surface area contributed by atoms with Gasteiger partial charge in [0, 0.05) is 12.5 Å². The molecule has 1 aromatic rings. The highest BCUT2D eigenvalue weighted by Crippen LogP contribution is 2.16. The first kappa shape index (κ1) is 14.7. The van der Waals surface area contributed by atoms with Crippen molar-refractivity contribution in [2.24, 2.45) is 11.7 Å². The van der Waals surface area contributed by atoms with Gasteiger partial charge in [-0.25, -0.2) is 0 Å². The monoisotopic (exact) mass is 248 g/mol. The van der Waals surface area contributed by atoms with Crippen LogP contribution in [-0.4, -0.2) is 11.9 Å². The van der Waals surface area contributed by atoms with Crippen LogP contribution in [0.3, 0.4) is 0 Å². The van der Waals surface area contributed by atoms with Gasteiger partial charge in [0.15, 0.2) is 0 Å². The summed E-state index contributed by atoms with van der Waals surface area (Å²) >= 11 is 0. The van der Waals surface area contributed by atoms with Crippen LogP contribution in [0.4, 0.5) is 0 Å². The van der Waals surface area contributed by atoms with E-state index in [1.54, 1.807) is 0 Å². The Balaban J connectivity index is 2.58. The lowest BCUT2D eigenvalue weighted by atomic mass is 10.00. The summed E-state index contributed by atoms with van der Waals surface area (Å²) in [5.74, 6) is 0.344. The second-order valence-corrected chi connectivity index (χ2v) is 5.26. The zero-order valence-electron chi connectivity index (χ0n) is 11.7. The normalized spacial score (nSPS) is 14.3. The molecule has 18 heavy (non-hydrogen) atoms.